The molecule has 0 saturated carbocycles. The summed E-state index contributed by atoms with van der Waals surface area (Å²) in [5.74, 6) is -0.206. The van der Waals surface area contributed by atoms with Crippen LogP contribution in [0.3, 0.4) is 0 Å². The van der Waals surface area contributed by atoms with Crippen molar-refractivity contribution in [3.8, 4) is 0 Å². The van der Waals surface area contributed by atoms with Crippen LogP contribution >= 0.6 is 15.9 Å². The monoisotopic (exact) mass is 336 g/mol. The number of likely N-dealkylation sites (N-methyl/N-ethyl adjacent to an activating group) is 1. The van der Waals surface area contributed by atoms with Gasteiger partial charge in [0.1, 0.15) is 0 Å². The highest BCUT2D eigenvalue weighted by Gasteiger charge is 2.35. The Hall–Kier alpha value is -1.08. The number of nitrogens with zero attached hydrogens (tertiary/aromatic N) is 1. The average Bonchev–Trinajstić information content (AvgIpc) is 2.69. The van der Waals surface area contributed by atoms with Crippen molar-refractivity contribution in [3.63, 3.8) is 0 Å². The zero-order valence-corrected chi connectivity index (χ0v) is 11.7. The molecule has 7 heteroatoms. The molecule has 1 fully saturated rings. The molecule has 0 spiro atoms. The summed E-state index contributed by atoms with van der Waals surface area (Å²) in [4.78, 5) is 13.4. The van der Waals surface area contributed by atoms with Gasteiger partial charge in [-0.25, -0.2) is 0 Å². The van der Waals surface area contributed by atoms with Crippen molar-refractivity contribution in [2.75, 3.05) is 18.5 Å². The third kappa shape index (κ3) is 2.76. The second-order valence-corrected chi connectivity index (χ2v) is 5.14. The maximum absolute atomic E-state index is 12.7. The highest BCUT2D eigenvalue weighted by Crippen LogP contribution is 2.36. The molecule has 3 nitrogen and oxygen atoms in total. The summed E-state index contributed by atoms with van der Waals surface area (Å²) in [5, 5.41) is 2.85. The molecular formula is C12H12BrF3N2O. The van der Waals surface area contributed by atoms with Crippen molar-refractivity contribution >= 4 is 27.5 Å². The fourth-order valence-electron chi connectivity index (χ4n) is 2.08. The smallest absolute Gasteiger partial charge is 0.310 e. The van der Waals surface area contributed by atoms with E-state index in [2.05, 4.69) is 21.2 Å². The molecule has 104 valence electrons. The van der Waals surface area contributed by atoms with E-state index in [4.69, 9.17) is 0 Å². The Kier molecular flexibility index (Phi) is 3.87. The van der Waals surface area contributed by atoms with E-state index in [0.29, 0.717) is 17.4 Å². The minimum absolute atomic E-state index is 0.206. The number of anilines is 1. The molecule has 1 aliphatic rings. The van der Waals surface area contributed by atoms with Crippen LogP contribution in [0.25, 0.3) is 0 Å². The first-order valence-corrected chi connectivity index (χ1v) is 6.49. The number of carbonyl (C=O) groups excluding carboxylic acids is 1. The van der Waals surface area contributed by atoms with Gasteiger partial charge in [-0.15, -0.1) is 0 Å². The Morgan fingerprint density at radius 2 is 2.11 bits per heavy atom. The summed E-state index contributed by atoms with van der Waals surface area (Å²) in [6.45, 7) is 0.407. The van der Waals surface area contributed by atoms with E-state index in [0.717, 1.165) is 12.1 Å². The van der Waals surface area contributed by atoms with Gasteiger partial charge in [-0.05, 0) is 47.6 Å². The first-order chi connectivity index (χ1) is 8.84. The number of nitrogens with one attached hydrogen (secondary N) is 1. The normalized spacial score (nSPS) is 20.2. The Morgan fingerprint density at radius 1 is 1.42 bits per heavy atom. The van der Waals surface area contributed by atoms with Gasteiger partial charge in [0.2, 0.25) is 5.91 Å². The van der Waals surface area contributed by atoms with Crippen LogP contribution in [0.2, 0.25) is 0 Å². The number of hydrogen-bond donors (Lipinski definition) is 1. The van der Waals surface area contributed by atoms with Gasteiger partial charge < -0.3 is 10.2 Å². The molecule has 0 radical (unpaired) electrons. The van der Waals surface area contributed by atoms with Crippen LogP contribution in [0.15, 0.2) is 22.7 Å². The van der Waals surface area contributed by atoms with Crippen LogP contribution in [0.1, 0.15) is 12.0 Å². The molecule has 1 N–H and O–H groups in total. The minimum atomic E-state index is -4.42. The van der Waals surface area contributed by atoms with Crippen molar-refractivity contribution in [1.82, 2.24) is 5.32 Å². The Morgan fingerprint density at radius 3 is 2.63 bits per heavy atom. The number of hydrogen-bond acceptors (Lipinski definition) is 2. The van der Waals surface area contributed by atoms with E-state index in [1.807, 2.05) is 0 Å². The van der Waals surface area contributed by atoms with Crippen molar-refractivity contribution in [1.29, 1.82) is 0 Å². The van der Waals surface area contributed by atoms with Crippen LogP contribution in [0, 0.1) is 0 Å². The third-order valence-electron chi connectivity index (χ3n) is 3.12. The summed E-state index contributed by atoms with van der Waals surface area (Å²) in [7, 11) is 1.66. The lowest BCUT2D eigenvalue weighted by atomic mass is 10.2. The molecule has 1 saturated heterocycles. The molecule has 1 aliphatic heterocycles. The van der Waals surface area contributed by atoms with E-state index in [1.165, 1.54) is 11.0 Å². The zero-order chi connectivity index (χ0) is 14.2. The number of rotatable bonds is 2. The standard InChI is InChI=1S/C12H12BrF3N2O/c1-17-9-4-5-18(11(9)19)10-6-7(12(14,15)16)2-3-8(10)13/h2-3,6,9,17H,4-5H2,1H3. The number of carbonyl (C=O) groups is 1. The van der Waals surface area contributed by atoms with Gasteiger partial charge in [-0.3, -0.25) is 4.79 Å². The Balaban J connectivity index is 2.37. The molecular weight excluding hydrogens is 325 g/mol. The zero-order valence-electron chi connectivity index (χ0n) is 10.1. The van der Waals surface area contributed by atoms with Gasteiger partial charge in [-0.1, -0.05) is 0 Å². The number of benzene rings is 1. The summed E-state index contributed by atoms with van der Waals surface area (Å²) < 4.78 is 38.6. The second kappa shape index (κ2) is 5.13. The van der Waals surface area contributed by atoms with Crippen molar-refractivity contribution < 1.29 is 18.0 Å². The molecule has 1 aromatic rings. The van der Waals surface area contributed by atoms with Gasteiger partial charge in [0.25, 0.3) is 0 Å². The molecule has 0 aliphatic carbocycles. The Bertz CT molecular complexity index is 504. The first-order valence-electron chi connectivity index (χ1n) is 5.70. The third-order valence-corrected chi connectivity index (χ3v) is 3.79. The van der Waals surface area contributed by atoms with Crippen molar-refractivity contribution in [2.45, 2.75) is 18.6 Å². The van der Waals surface area contributed by atoms with E-state index in [9.17, 15) is 18.0 Å². The lowest BCUT2D eigenvalue weighted by Crippen LogP contribution is -2.36. The van der Waals surface area contributed by atoms with Crippen molar-refractivity contribution in [3.05, 3.63) is 28.2 Å². The lowest BCUT2D eigenvalue weighted by Gasteiger charge is -2.20. The van der Waals surface area contributed by atoms with Crippen LogP contribution in [-0.4, -0.2) is 25.5 Å². The molecule has 0 aromatic heterocycles. The van der Waals surface area contributed by atoms with E-state index < -0.39 is 11.7 Å². The van der Waals surface area contributed by atoms with Crippen LogP contribution in [0.4, 0.5) is 18.9 Å². The SMILES string of the molecule is CNC1CCN(c2cc(C(F)(F)F)ccc2Br)C1=O. The molecule has 1 aromatic carbocycles. The first kappa shape index (κ1) is 14.3. The Labute approximate surface area is 116 Å². The maximum Gasteiger partial charge on any atom is 0.416 e. The summed E-state index contributed by atoms with van der Waals surface area (Å²) in [6.07, 6.45) is -3.83. The lowest BCUT2D eigenvalue weighted by molar-refractivity contribution is -0.137. The van der Waals surface area contributed by atoms with E-state index >= 15 is 0 Å². The molecule has 19 heavy (non-hydrogen) atoms. The molecule has 2 rings (SSSR count). The number of alkyl halides is 3. The predicted octanol–water partition coefficient (Wildman–Crippen LogP) is 2.79. The fraction of sp³-hybridized carbons (Fsp3) is 0.417. The van der Waals surface area contributed by atoms with E-state index in [-0.39, 0.29) is 17.6 Å². The maximum atomic E-state index is 12.7. The minimum Gasteiger partial charge on any atom is -0.310 e. The average molecular weight is 337 g/mol. The topological polar surface area (TPSA) is 32.3 Å². The van der Waals surface area contributed by atoms with Gasteiger partial charge >= 0.3 is 6.18 Å². The van der Waals surface area contributed by atoms with Crippen molar-refractivity contribution in [2.24, 2.45) is 0 Å². The summed E-state index contributed by atoms with van der Waals surface area (Å²) in [5.41, 5.74) is -0.496. The molecule has 0 bridgehead atoms. The van der Waals surface area contributed by atoms with Gasteiger partial charge in [0.05, 0.1) is 17.3 Å². The molecule has 1 atom stereocenters. The van der Waals surface area contributed by atoms with Crippen LogP contribution in [0.5, 0.6) is 0 Å². The second-order valence-electron chi connectivity index (χ2n) is 4.28. The van der Waals surface area contributed by atoms with Gasteiger partial charge in [0.15, 0.2) is 0 Å². The fourth-order valence-corrected chi connectivity index (χ4v) is 2.54. The summed E-state index contributed by atoms with van der Waals surface area (Å²) in [6, 6.07) is 2.98. The molecule has 1 amide bonds. The predicted molar refractivity (Wildman–Crippen MR) is 69.0 cm³/mol. The largest absolute Gasteiger partial charge is 0.416 e. The van der Waals surface area contributed by atoms with E-state index in [1.54, 1.807) is 7.05 Å². The highest BCUT2D eigenvalue weighted by atomic mass is 79.9. The van der Waals surface area contributed by atoms with Gasteiger partial charge in [0, 0.05) is 11.0 Å². The molecule has 1 unspecified atom stereocenters. The van der Waals surface area contributed by atoms with Crippen LogP contribution < -0.4 is 10.2 Å². The highest BCUT2D eigenvalue weighted by molar-refractivity contribution is 9.10. The summed E-state index contributed by atoms with van der Waals surface area (Å²) >= 11 is 3.19. The quantitative estimate of drug-likeness (QED) is 0.900. The number of halogens is 4. The van der Waals surface area contributed by atoms with Crippen LogP contribution in [-0.2, 0) is 11.0 Å². The van der Waals surface area contributed by atoms with Gasteiger partial charge in [-0.2, -0.15) is 13.2 Å². The molecule has 1 heterocycles. The number of amides is 1.